The van der Waals surface area contributed by atoms with Crippen LogP contribution in [0.5, 0.6) is 0 Å². The smallest absolute Gasteiger partial charge is 0.423 e. The monoisotopic (exact) mass is 295 g/mol. The number of aliphatic hydroxyl groups is 2. The van der Waals surface area contributed by atoms with Crippen molar-refractivity contribution in [2.45, 2.75) is 45.4 Å². The molecule has 0 radical (unpaired) electrons. The lowest BCUT2D eigenvalue weighted by molar-refractivity contribution is -0.107. The molecule has 0 amide bonds. The van der Waals surface area contributed by atoms with Crippen molar-refractivity contribution in [1.29, 1.82) is 0 Å². The zero-order valence-corrected chi connectivity index (χ0v) is 12.7. The van der Waals surface area contributed by atoms with Crippen molar-refractivity contribution in [1.82, 2.24) is 0 Å². The zero-order chi connectivity index (χ0) is 16.7. The van der Waals surface area contributed by atoms with Gasteiger partial charge in [-0.2, -0.15) is 0 Å². The van der Waals surface area contributed by atoms with Crippen molar-refractivity contribution in [3.05, 3.63) is 40.3 Å². The molecule has 1 rings (SSSR count). The summed E-state index contributed by atoms with van der Waals surface area (Å²) in [5, 5.41) is 39.1. The van der Waals surface area contributed by atoms with Gasteiger partial charge in [-0.1, -0.05) is 29.4 Å². The van der Waals surface area contributed by atoms with Gasteiger partial charge in [-0.3, -0.25) is 0 Å². The van der Waals surface area contributed by atoms with E-state index in [2.05, 4.69) is 10.0 Å². The molecule has 8 heteroatoms. The van der Waals surface area contributed by atoms with Gasteiger partial charge in [0.1, 0.15) is 0 Å². The fraction of sp³-hybridized carbons (Fsp3) is 0.538. The first-order valence-electron chi connectivity index (χ1n) is 6.39. The van der Waals surface area contributed by atoms with Gasteiger partial charge < -0.3 is 20.3 Å². The van der Waals surface area contributed by atoms with Crippen LogP contribution >= 0.6 is 0 Å². The Labute approximate surface area is 124 Å². The summed E-state index contributed by atoms with van der Waals surface area (Å²) < 4.78 is 0. The van der Waals surface area contributed by atoms with E-state index in [-0.39, 0.29) is 6.54 Å². The molecule has 7 nitrogen and oxygen atoms in total. The van der Waals surface area contributed by atoms with Crippen LogP contribution in [0.1, 0.15) is 33.3 Å². The molecule has 21 heavy (non-hydrogen) atoms. The van der Waals surface area contributed by atoms with Crippen molar-refractivity contribution < 1.29 is 20.3 Å². The highest BCUT2D eigenvalue weighted by Crippen LogP contribution is 2.19. The summed E-state index contributed by atoms with van der Waals surface area (Å²) in [4.78, 5) is 2.61. The Bertz CT molecular complexity index is 460. The van der Waals surface area contributed by atoms with Crippen LogP contribution in [0.25, 0.3) is 10.4 Å². The van der Waals surface area contributed by atoms with E-state index in [1.165, 1.54) is 0 Å². The van der Waals surface area contributed by atoms with Gasteiger partial charge in [0, 0.05) is 4.91 Å². The summed E-state index contributed by atoms with van der Waals surface area (Å²) in [5.41, 5.74) is 7.29. The molecule has 116 valence electrons. The molecular formula is C13H22BN3O4. The molecule has 0 aliphatic rings. The maximum absolute atomic E-state index is 9.10. The van der Waals surface area contributed by atoms with Crippen LogP contribution in [0, 0.1) is 0 Å². The van der Waals surface area contributed by atoms with Crippen LogP contribution in [-0.2, 0) is 6.54 Å². The first-order chi connectivity index (χ1) is 9.49. The van der Waals surface area contributed by atoms with Crippen molar-refractivity contribution in [3.8, 4) is 0 Å². The summed E-state index contributed by atoms with van der Waals surface area (Å²) in [7, 11) is -1.45. The van der Waals surface area contributed by atoms with E-state index in [1.807, 2.05) is 0 Å². The number of rotatable bonds is 4. The second-order valence-electron chi connectivity index (χ2n) is 5.62. The third kappa shape index (κ3) is 7.70. The fourth-order valence-electron chi connectivity index (χ4n) is 0.908. The van der Waals surface area contributed by atoms with Crippen LogP contribution in [0.3, 0.4) is 0 Å². The Morgan fingerprint density at radius 2 is 1.48 bits per heavy atom. The lowest BCUT2D eigenvalue weighted by Crippen LogP contribution is -2.44. The van der Waals surface area contributed by atoms with Crippen LogP contribution in [0.2, 0.25) is 0 Å². The maximum atomic E-state index is 9.10. The molecule has 1 aromatic carbocycles. The van der Waals surface area contributed by atoms with Gasteiger partial charge in [0.05, 0.1) is 17.7 Å². The summed E-state index contributed by atoms with van der Waals surface area (Å²) in [6.45, 7) is 6.58. The molecule has 0 heterocycles. The molecule has 0 atom stereocenters. The number of benzene rings is 1. The number of nitrogens with zero attached hydrogens (tertiary/aromatic N) is 3. The zero-order valence-electron chi connectivity index (χ0n) is 12.7. The predicted octanol–water partition coefficient (Wildman–Crippen LogP) is 0.705. The Balaban J connectivity index is 0.000000433. The molecule has 0 aliphatic heterocycles. The van der Waals surface area contributed by atoms with E-state index in [1.54, 1.807) is 52.0 Å². The average molecular weight is 295 g/mol. The quantitative estimate of drug-likeness (QED) is 0.282. The van der Waals surface area contributed by atoms with Crippen LogP contribution in [-0.4, -0.2) is 38.6 Å². The average Bonchev–Trinajstić information content (AvgIpc) is 2.35. The number of hydrogen-bond donors (Lipinski definition) is 4. The Morgan fingerprint density at radius 1 is 1.05 bits per heavy atom. The summed E-state index contributed by atoms with van der Waals surface area (Å²) in [6.07, 6.45) is 0. The molecule has 0 spiro atoms. The summed E-state index contributed by atoms with van der Waals surface area (Å²) in [6, 6.07) is 6.52. The molecule has 1 aromatic rings. The van der Waals surface area contributed by atoms with Gasteiger partial charge in [0.15, 0.2) is 0 Å². The van der Waals surface area contributed by atoms with Gasteiger partial charge in [-0.25, -0.2) is 0 Å². The van der Waals surface area contributed by atoms with Crippen LogP contribution in [0.15, 0.2) is 29.4 Å². The molecule has 0 aliphatic carbocycles. The normalized spacial score (nSPS) is 11.0. The Hall–Kier alpha value is -1.57. The summed E-state index contributed by atoms with van der Waals surface area (Å²) >= 11 is 0. The number of azide groups is 1. The minimum atomic E-state index is -1.45. The molecule has 0 fully saturated rings. The van der Waals surface area contributed by atoms with Crippen LogP contribution in [0.4, 0.5) is 0 Å². The summed E-state index contributed by atoms with van der Waals surface area (Å²) in [5.74, 6) is 0. The standard InChI is InChI=1S/C7H8BN3O2.C6H14O2/c9-11-10-5-6-1-3-7(4-2-6)8(12)13;1-5(2,7)6(3,4)8/h1-4,12-13H,5H2;7-8H,1-4H3. The van der Waals surface area contributed by atoms with Gasteiger partial charge in [0.25, 0.3) is 0 Å². The fourth-order valence-corrected chi connectivity index (χ4v) is 0.908. The highest BCUT2D eigenvalue weighted by Gasteiger charge is 2.31. The molecular weight excluding hydrogens is 273 g/mol. The third-order valence-electron chi connectivity index (χ3n) is 3.09. The van der Waals surface area contributed by atoms with E-state index >= 15 is 0 Å². The van der Waals surface area contributed by atoms with E-state index in [0.717, 1.165) is 5.56 Å². The minimum Gasteiger partial charge on any atom is -0.423 e. The molecule has 0 saturated carbocycles. The SMILES string of the molecule is CC(C)(O)C(C)(C)O.[N-]=[N+]=NCc1ccc(B(O)O)cc1. The lowest BCUT2D eigenvalue weighted by Gasteiger charge is -2.31. The Kier molecular flexibility index (Phi) is 7.42. The second-order valence-corrected chi connectivity index (χ2v) is 5.62. The first kappa shape index (κ1) is 19.4. The predicted molar refractivity (Wildman–Crippen MR) is 81.7 cm³/mol. The second kappa shape index (κ2) is 8.02. The van der Waals surface area contributed by atoms with Gasteiger partial charge in [0.2, 0.25) is 0 Å². The molecule has 0 bridgehead atoms. The van der Waals surface area contributed by atoms with Crippen LogP contribution < -0.4 is 5.46 Å². The van der Waals surface area contributed by atoms with Crippen molar-refractivity contribution in [3.63, 3.8) is 0 Å². The first-order valence-corrected chi connectivity index (χ1v) is 6.39. The molecule has 4 N–H and O–H groups in total. The highest BCUT2D eigenvalue weighted by molar-refractivity contribution is 6.58. The molecule has 0 aromatic heterocycles. The third-order valence-corrected chi connectivity index (χ3v) is 3.09. The Morgan fingerprint density at radius 3 is 1.76 bits per heavy atom. The molecule has 0 unspecified atom stereocenters. The lowest BCUT2D eigenvalue weighted by atomic mass is 9.80. The van der Waals surface area contributed by atoms with Crippen molar-refractivity contribution in [2.75, 3.05) is 0 Å². The van der Waals surface area contributed by atoms with Gasteiger partial charge in [-0.05, 0) is 44.3 Å². The van der Waals surface area contributed by atoms with E-state index in [9.17, 15) is 0 Å². The van der Waals surface area contributed by atoms with E-state index in [0.29, 0.717) is 5.46 Å². The van der Waals surface area contributed by atoms with Crippen molar-refractivity contribution in [2.24, 2.45) is 5.11 Å². The van der Waals surface area contributed by atoms with Gasteiger partial charge in [-0.15, -0.1) is 0 Å². The highest BCUT2D eigenvalue weighted by atomic mass is 16.4. The van der Waals surface area contributed by atoms with E-state index < -0.39 is 18.3 Å². The topological polar surface area (TPSA) is 130 Å². The van der Waals surface area contributed by atoms with Gasteiger partial charge >= 0.3 is 7.12 Å². The van der Waals surface area contributed by atoms with E-state index in [4.69, 9.17) is 25.8 Å². The largest absolute Gasteiger partial charge is 0.488 e. The number of hydrogen-bond acceptors (Lipinski definition) is 5. The molecule has 0 saturated heterocycles. The van der Waals surface area contributed by atoms with Crippen molar-refractivity contribution >= 4 is 12.6 Å². The minimum absolute atomic E-state index is 0.276. The maximum Gasteiger partial charge on any atom is 0.488 e.